The maximum absolute atomic E-state index is 13.5. The van der Waals surface area contributed by atoms with Crippen molar-refractivity contribution in [2.24, 2.45) is 0 Å². The van der Waals surface area contributed by atoms with Crippen LogP contribution in [0.4, 0.5) is 32.0 Å². The minimum absolute atomic E-state index is 0.412. The number of amides is 1. The molecule has 0 atom stereocenters. The van der Waals surface area contributed by atoms with Crippen LogP contribution in [0.3, 0.4) is 0 Å². The minimum Gasteiger partial charge on any atom is -0.360 e. The molecule has 0 bridgehead atoms. The molecule has 1 saturated carbocycles. The van der Waals surface area contributed by atoms with Crippen molar-refractivity contribution in [2.75, 3.05) is 4.90 Å². The number of halogens is 6. The Balaban J connectivity index is 2.64. The maximum atomic E-state index is 13.5. The number of nitrogens with zero attached hydrogens (tertiary/aromatic N) is 1. The van der Waals surface area contributed by atoms with E-state index in [9.17, 15) is 36.2 Å². The Morgan fingerprint density at radius 1 is 0.952 bits per heavy atom. The van der Waals surface area contributed by atoms with Crippen LogP contribution in [0.25, 0.3) is 0 Å². The predicted octanol–water partition coefficient (Wildman–Crippen LogP) is 2.65. The number of carbonyl (C=O) groups is 1. The zero-order valence-electron chi connectivity index (χ0n) is 10.5. The fraction of sp³-hybridized carbons (Fsp3) is 0.417. The van der Waals surface area contributed by atoms with Crippen molar-refractivity contribution in [2.45, 2.75) is 30.4 Å². The third-order valence-corrected chi connectivity index (χ3v) is 3.32. The molecule has 1 aliphatic rings. The van der Waals surface area contributed by atoms with E-state index in [1.807, 2.05) is 0 Å². The van der Waals surface area contributed by atoms with Gasteiger partial charge in [-0.05, 0) is 12.1 Å². The Bertz CT molecular complexity index is 556. The molecule has 1 amide bonds. The van der Waals surface area contributed by atoms with Crippen LogP contribution in [0.15, 0.2) is 30.3 Å². The Kier molecular flexibility index (Phi) is 3.07. The van der Waals surface area contributed by atoms with E-state index >= 15 is 0 Å². The monoisotopic (exact) mass is 313 g/mol. The quantitative estimate of drug-likeness (QED) is 0.673. The molecule has 116 valence electrons. The van der Waals surface area contributed by atoms with Gasteiger partial charge in [0, 0.05) is 12.6 Å². The Morgan fingerprint density at radius 3 is 1.76 bits per heavy atom. The number of aliphatic hydroxyl groups is 1. The summed E-state index contributed by atoms with van der Waals surface area (Å²) < 4.78 is 79.8. The number of hydrogen-bond donors (Lipinski definition) is 1. The van der Waals surface area contributed by atoms with Crippen molar-refractivity contribution in [1.82, 2.24) is 0 Å². The highest BCUT2D eigenvalue weighted by Crippen LogP contribution is 2.68. The zero-order chi connectivity index (χ0) is 16.3. The van der Waals surface area contributed by atoms with Gasteiger partial charge in [-0.15, -0.1) is 0 Å². The third-order valence-electron chi connectivity index (χ3n) is 3.32. The number of benzene rings is 1. The summed E-state index contributed by atoms with van der Waals surface area (Å²) in [4.78, 5) is 11.0. The van der Waals surface area contributed by atoms with Gasteiger partial charge >= 0.3 is 17.8 Å². The van der Waals surface area contributed by atoms with Crippen LogP contribution in [0, 0.1) is 0 Å². The third kappa shape index (κ3) is 1.52. The number of para-hydroxylation sites is 1. The lowest BCUT2D eigenvalue weighted by molar-refractivity contribution is -0.487. The van der Waals surface area contributed by atoms with Gasteiger partial charge in [-0.2, -0.15) is 26.3 Å². The molecule has 0 spiro atoms. The number of alkyl halides is 6. The molecule has 0 aliphatic heterocycles. The first-order valence-electron chi connectivity index (χ1n) is 5.64. The first-order valence-corrected chi connectivity index (χ1v) is 5.64. The predicted molar refractivity (Wildman–Crippen MR) is 59.4 cm³/mol. The highest BCUT2D eigenvalue weighted by Gasteiger charge is 3.01. The Morgan fingerprint density at radius 2 is 1.38 bits per heavy atom. The smallest absolute Gasteiger partial charge is 0.360 e. The van der Waals surface area contributed by atoms with E-state index < -0.39 is 40.0 Å². The molecule has 0 radical (unpaired) electrons. The molecule has 1 fully saturated rings. The van der Waals surface area contributed by atoms with Gasteiger partial charge in [0.05, 0.1) is 0 Å². The molecule has 9 heteroatoms. The highest BCUT2D eigenvalue weighted by atomic mass is 19.4. The summed E-state index contributed by atoms with van der Waals surface area (Å²) in [6.45, 7) is 0.605. The minimum atomic E-state index is -5.77. The summed E-state index contributed by atoms with van der Waals surface area (Å²) in [7, 11) is 0. The van der Waals surface area contributed by atoms with Crippen LogP contribution in [0.1, 0.15) is 6.92 Å². The fourth-order valence-corrected chi connectivity index (χ4v) is 2.22. The van der Waals surface area contributed by atoms with Crippen LogP contribution < -0.4 is 4.90 Å². The molecule has 0 aromatic heterocycles. The molecule has 2 rings (SSSR count). The van der Waals surface area contributed by atoms with Gasteiger partial charge in [-0.3, -0.25) is 9.69 Å². The van der Waals surface area contributed by atoms with Gasteiger partial charge in [-0.1, -0.05) is 18.2 Å². The van der Waals surface area contributed by atoms with Crippen LogP contribution >= 0.6 is 0 Å². The maximum Gasteiger partial charge on any atom is 0.382 e. The van der Waals surface area contributed by atoms with E-state index in [-0.39, 0.29) is 0 Å². The molecule has 3 nitrogen and oxygen atoms in total. The largest absolute Gasteiger partial charge is 0.382 e. The lowest BCUT2D eigenvalue weighted by Gasteiger charge is -2.58. The van der Waals surface area contributed by atoms with Gasteiger partial charge in [-0.25, -0.2) is 0 Å². The summed E-state index contributed by atoms with van der Waals surface area (Å²) in [5, 5.41) is 9.61. The zero-order valence-corrected chi connectivity index (χ0v) is 10.5. The second-order valence-corrected chi connectivity index (χ2v) is 4.59. The fourth-order valence-electron chi connectivity index (χ4n) is 2.22. The van der Waals surface area contributed by atoms with E-state index in [0.29, 0.717) is 6.92 Å². The molecule has 0 unspecified atom stereocenters. The first kappa shape index (κ1) is 15.6. The number of anilines is 1. The van der Waals surface area contributed by atoms with Crippen LogP contribution in [0.2, 0.25) is 0 Å². The molecule has 21 heavy (non-hydrogen) atoms. The van der Waals surface area contributed by atoms with E-state index in [0.717, 1.165) is 12.1 Å². The van der Waals surface area contributed by atoms with Crippen LogP contribution in [0.5, 0.6) is 0 Å². The molecule has 1 aromatic carbocycles. The first-order chi connectivity index (χ1) is 9.43. The van der Waals surface area contributed by atoms with E-state index in [4.69, 9.17) is 0 Å². The van der Waals surface area contributed by atoms with Crippen LogP contribution in [-0.2, 0) is 4.79 Å². The highest BCUT2D eigenvalue weighted by molar-refractivity contribution is 5.93. The average Bonchev–Trinajstić information content (AvgIpc) is 2.38. The van der Waals surface area contributed by atoms with Gasteiger partial charge in [0.1, 0.15) is 0 Å². The van der Waals surface area contributed by atoms with E-state index in [1.54, 1.807) is 0 Å². The summed E-state index contributed by atoms with van der Waals surface area (Å²) in [6, 6.07) is 5.73. The standard InChI is InChI=1S/C12H9F6NO2/c1-7(20)19(8-5-3-2-4-6-8)12(21)10(15,16)9(13,14)11(12,17)18/h2-6,21H,1H3. The molecule has 1 aromatic rings. The number of hydrogen-bond acceptors (Lipinski definition) is 2. The van der Waals surface area contributed by atoms with Crippen molar-refractivity contribution in [3.05, 3.63) is 30.3 Å². The lowest BCUT2D eigenvalue weighted by Crippen LogP contribution is -2.91. The lowest BCUT2D eigenvalue weighted by atomic mass is 9.72. The molecule has 1 aliphatic carbocycles. The molecule has 0 heterocycles. The molecule has 1 N–H and O–H groups in total. The molecule has 0 saturated heterocycles. The van der Waals surface area contributed by atoms with Crippen molar-refractivity contribution in [1.29, 1.82) is 0 Å². The van der Waals surface area contributed by atoms with Crippen molar-refractivity contribution >= 4 is 11.6 Å². The average molecular weight is 313 g/mol. The van der Waals surface area contributed by atoms with E-state index in [1.165, 1.54) is 18.2 Å². The molecular weight excluding hydrogens is 304 g/mol. The molecular formula is C12H9F6NO2. The van der Waals surface area contributed by atoms with Crippen LogP contribution in [-0.4, -0.2) is 34.5 Å². The van der Waals surface area contributed by atoms with Crippen molar-refractivity contribution < 1.29 is 36.2 Å². The SMILES string of the molecule is CC(=O)N(c1ccccc1)C1(O)C(F)(F)C(F)(F)C1(F)F. The topological polar surface area (TPSA) is 40.5 Å². The van der Waals surface area contributed by atoms with Crippen molar-refractivity contribution in [3.63, 3.8) is 0 Å². The Hall–Kier alpha value is -1.77. The van der Waals surface area contributed by atoms with E-state index in [2.05, 4.69) is 0 Å². The number of carbonyl (C=O) groups excluding carboxylic acids is 1. The Labute approximate surface area is 114 Å². The van der Waals surface area contributed by atoms with Gasteiger partial charge < -0.3 is 5.11 Å². The van der Waals surface area contributed by atoms with Gasteiger partial charge in [0.25, 0.3) is 5.72 Å². The second-order valence-electron chi connectivity index (χ2n) is 4.59. The second kappa shape index (κ2) is 4.12. The van der Waals surface area contributed by atoms with Crippen molar-refractivity contribution in [3.8, 4) is 0 Å². The van der Waals surface area contributed by atoms with Gasteiger partial charge in [0.2, 0.25) is 5.91 Å². The summed E-state index contributed by atoms with van der Waals surface area (Å²) in [6.07, 6.45) is 0. The number of rotatable bonds is 2. The normalized spacial score (nSPS) is 24.0. The summed E-state index contributed by atoms with van der Waals surface area (Å²) >= 11 is 0. The van der Waals surface area contributed by atoms with Gasteiger partial charge in [0.15, 0.2) is 0 Å². The summed E-state index contributed by atoms with van der Waals surface area (Å²) in [5.41, 5.74) is -5.20. The summed E-state index contributed by atoms with van der Waals surface area (Å²) in [5.74, 6) is -18.2.